The SMILES string of the molecule is CCOC(=O)N[C@@H]1CC[C@@H]2[C@@H](C1)C[C@@H]1C(=O)O[C@H](C)[C@]1(C)[C@H]2CCc1ccc(-c2cccc(F)c2)cn1. The van der Waals surface area contributed by atoms with E-state index in [0.29, 0.717) is 24.4 Å². The van der Waals surface area contributed by atoms with E-state index >= 15 is 0 Å². The Bertz CT molecular complexity index is 1140. The fourth-order valence-electron chi connectivity index (χ4n) is 7.39. The number of nitrogens with zero attached hydrogens (tertiary/aromatic N) is 1. The molecule has 5 rings (SSSR count). The molecule has 7 heteroatoms. The lowest BCUT2D eigenvalue weighted by molar-refractivity contribution is -0.144. The molecule has 2 saturated carbocycles. The smallest absolute Gasteiger partial charge is 0.407 e. The Hall–Kier alpha value is -2.96. The molecule has 7 atom stereocenters. The highest BCUT2D eigenvalue weighted by molar-refractivity contribution is 5.76. The van der Waals surface area contributed by atoms with Crippen LogP contribution in [0.4, 0.5) is 9.18 Å². The number of pyridine rings is 1. The first-order chi connectivity index (χ1) is 17.8. The second-order valence-electron chi connectivity index (χ2n) is 11.2. The fraction of sp³-hybridized carbons (Fsp3) is 0.567. The van der Waals surface area contributed by atoms with Crippen LogP contribution in [0.15, 0.2) is 42.6 Å². The Morgan fingerprint density at radius 1 is 1.22 bits per heavy atom. The molecule has 1 aliphatic heterocycles. The maximum Gasteiger partial charge on any atom is 0.407 e. The van der Waals surface area contributed by atoms with Gasteiger partial charge in [0, 0.05) is 28.9 Å². The van der Waals surface area contributed by atoms with Crippen LogP contribution in [-0.2, 0) is 20.7 Å². The molecular formula is C30H37FN2O4. The summed E-state index contributed by atoms with van der Waals surface area (Å²) >= 11 is 0. The Morgan fingerprint density at radius 3 is 2.78 bits per heavy atom. The largest absolute Gasteiger partial charge is 0.462 e. The van der Waals surface area contributed by atoms with Gasteiger partial charge in [-0.25, -0.2) is 9.18 Å². The monoisotopic (exact) mass is 508 g/mol. The predicted molar refractivity (Wildman–Crippen MR) is 138 cm³/mol. The molecule has 37 heavy (non-hydrogen) atoms. The van der Waals surface area contributed by atoms with Crippen LogP contribution < -0.4 is 5.32 Å². The highest BCUT2D eigenvalue weighted by atomic mass is 19.1. The number of aromatic nitrogens is 1. The molecule has 0 radical (unpaired) electrons. The van der Waals surface area contributed by atoms with Crippen LogP contribution in [0.5, 0.6) is 0 Å². The van der Waals surface area contributed by atoms with Crippen molar-refractivity contribution in [2.24, 2.45) is 29.1 Å². The number of cyclic esters (lactones) is 1. The van der Waals surface area contributed by atoms with Gasteiger partial charge >= 0.3 is 12.1 Å². The lowest BCUT2D eigenvalue weighted by atomic mass is 9.49. The fourth-order valence-corrected chi connectivity index (χ4v) is 7.39. The van der Waals surface area contributed by atoms with Crippen LogP contribution in [0.1, 0.15) is 58.6 Å². The van der Waals surface area contributed by atoms with Crippen molar-refractivity contribution in [2.45, 2.75) is 71.4 Å². The summed E-state index contributed by atoms with van der Waals surface area (Å²) in [6, 6.07) is 10.7. The molecule has 0 spiro atoms. The van der Waals surface area contributed by atoms with E-state index in [0.717, 1.165) is 55.3 Å². The van der Waals surface area contributed by atoms with Gasteiger partial charge in [-0.05, 0) is 93.9 Å². The number of fused-ring (bicyclic) bond motifs is 2. The Kier molecular flexibility index (Phi) is 7.24. The number of alkyl carbamates (subject to hydrolysis) is 1. The van der Waals surface area contributed by atoms with Gasteiger partial charge < -0.3 is 14.8 Å². The number of amides is 1. The van der Waals surface area contributed by atoms with Crippen molar-refractivity contribution in [1.82, 2.24) is 10.3 Å². The Balaban J connectivity index is 1.32. The van der Waals surface area contributed by atoms with Crippen molar-refractivity contribution >= 4 is 12.1 Å². The topological polar surface area (TPSA) is 77.5 Å². The first-order valence-corrected chi connectivity index (χ1v) is 13.6. The van der Waals surface area contributed by atoms with E-state index in [1.165, 1.54) is 12.1 Å². The zero-order valence-electron chi connectivity index (χ0n) is 21.9. The molecule has 2 aromatic rings. The number of carbonyl (C=O) groups excluding carboxylic acids is 2. The number of benzene rings is 1. The molecule has 1 saturated heterocycles. The van der Waals surface area contributed by atoms with Gasteiger partial charge in [0.15, 0.2) is 0 Å². The molecule has 1 N–H and O–H groups in total. The normalized spacial score (nSPS) is 32.7. The van der Waals surface area contributed by atoms with Crippen molar-refractivity contribution < 1.29 is 23.5 Å². The van der Waals surface area contributed by atoms with Gasteiger partial charge in [-0.2, -0.15) is 0 Å². The van der Waals surface area contributed by atoms with Gasteiger partial charge in [0.05, 0.1) is 12.5 Å². The van der Waals surface area contributed by atoms with Crippen LogP contribution >= 0.6 is 0 Å². The van der Waals surface area contributed by atoms with Crippen LogP contribution in [0.2, 0.25) is 0 Å². The number of aryl methyl sites for hydroxylation is 1. The summed E-state index contributed by atoms with van der Waals surface area (Å²) in [5.74, 6) is 0.724. The van der Waals surface area contributed by atoms with Gasteiger partial charge in [0.25, 0.3) is 0 Å². The number of carbonyl (C=O) groups is 2. The molecule has 0 bridgehead atoms. The summed E-state index contributed by atoms with van der Waals surface area (Å²) in [5, 5.41) is 3.03. The number of ether oxygens (including phenoxy) is 2. The van der Waals surface area contributed by atoms with E-state index in [1.54, 1.807) is 13.0 Å². The minimum absolute atomic E-state index is 0.0727. The first-order valence-electron chi connectivity index (χ1n) is 13.6. The maximum absolute atomic E-state index is 13.6. The predicted octanol–water partition coefficient (Wildman–Crippen LogP) is 5.94. The molecule has 1 aromatic heterocycles. The lowest BCUT2D eigenvalue weighted by Crippen LogP contribution is -2.53. The molecule has 1 aromatic carbocycles. The molecule has 3 aliphatic rings. The number of hydrogen-bond donors (Lipinski definition) is 1. The van der Waals surface area contributed by atoms with Gasteiger partial charge in [-0.15, -0.1) is 0 Å². The summed E-state index contributed by atoms with van der Waals surface area (Å²) in [7, 11) is 0. The van der Waals surface area contributed by atoms with Crippen molar-refractivity contribution in [2.75, 3.05) is 6.61 Å². The number of rotatable bonds is 6. The molecular weight excluding hydrogens is 471 g/mol. The van der Waals surface area contributed by atoms with Gasteiger partial charge in [-0.1, -0.05) is 25.1 Å². The Morgan fingerprint density at radius 2 is 2.05 bits per heavy atom. The maximum atomic E-state index is 13.6. The van der Waals surface area contributed by atoms with Crippen molar-refractivity contribution in [3.8, 4) is 11.1 Å². The standard InChI is InChI=1S/C30H37FN2O4/c1-4-36-29(35)33-24-10-12-25-21(15-24)16-27-28(34)37-18(2)30(27,3)26(25)13-11-23-9-8-20(17-32-23)19-6-5-7-22(31)14-19/h5-9,14,17-18,21,24-27H,4,10-13,15-16H2,1-3H3,(H,33,35)/t18-,21+,24-,25-,26+,27-,30-/m1/s1. The van der Waals surface area contributed by atoms with Crippen molar-refractivity contribution in [3.05, 3.63) is 54.1 Å². The average Bonchev–Trinajstić information content (AvgIpc) is 3.10. The second kappa shape index (κ2) is 10.4. The average molecular weight is 509 g/mol. The highest BCUT2D eigenvalue weighted by Gasteiger charge is 2.62. The van der Waals surface area contributed by atoms with Crippen LogP contribution in [0.3, 0.4) is 0 Å². The summed E-state index contributed by atoms with van der Waals surface area (Å²) < 4.78 is 24.6. The van der Waals surface area contributed by atoms with Crippen molar-refractivity contribution in [1.29, 1.82) is 0 Å². The summed E-state index contributed by atoms with van der Waals surface area (Å²) in [5.41, 5.74) is 2.50. The van der Waals surface area contributed by atoms with E-state index in [9.17, 15) is 14.0 Å². The van der Waals surface area contributed by atoms with Gasteiger partial charge in [0.1, 0.15) is 11.9 Å². The molecule has 198 valence electrons. The summed E-state index contributed by atoms with van der Waals surface area (Å²) in [4.78, 5) is 29.6. The third-order valence-electron chi connectivity index (χ3n) is 9.39. The first kappa shape index (κ1) is 25.7. The van der Waals surface area contributed by atoms with Crippen molar-refractivity contribution in [3.63, 3.8) is 0 Å². The number of esters is 1. The number of halogens is 1. The van der Waals surface area contributed by atoms with Crippen LogP contribution in [0, 0.1) is 34.9 Å². The molecule has 2 heterocycles. The highest BCUT2D eigenvalue weighted by Crippen LogP contribution is 2.60. The molecule has 6 nitrogen and oxygen atoms in total. The van der Waals surface area contributed by atoms with Crippen LogP contribution in [0.25, 0.3) is 11.1 Å². The van der Waals surface area contributed by atoms with E-state index in [2.05, 4.69) is 12.2 Å². The lowest BCUT2D eigenvalue weighted by Gasteiger charge is -2.53. The zero-order valence-corrected chi connectivity index (χ0v) is 21.9. The van der Waals surface area contributed by atoms with E-state index in [4.69, 9.17) is 14.5 Å². The molecule has 3 fully saturated rings. The second-order valence-corrected chi connectivity index (χ2v) is 11.2. The van der Waals surface area contributed by atoms with Gasteiger partial charge in [-0.3, -0.25) is 9.78 Å². The minimum Gasteiger partial charge on any atom is -0.462 e. The third-order valence-corrected chi connectivity index (χ3v) is 9.39. The van der Waals surface area contributed by atoms with Gasteiger partial charge in [0.2, 0.25) is 0 Å². The molecule has 2 aliphatic carbocycles. The number of nitrogens with one attached hydrogen (secondary N) is 1. The summed E-state index contributed by atoms with van der Waals surface area (Å²) in [6.45, 7) is 6.46. The molecule has 0 unspecified atom stereocenters. The van der Waals surface area contributed by atoms with E-state index in [1.807, 2.05) is 31.3 Å². The minimum atomic E-state index is -0.357. The quantitative estimate of drug-likeness (QED) is 0.489. The zero-order chi connectivity index (χ0) is 26.2. The van der Waals surface area contributed by atoms with Crippen LogP contribution in [-0.4, -0.2) is 35.8 Å². The third kappa shape index (κ3) is 4.97. The summed E-state index contributed by atoms with van der Waals surface area (Å²) in [6.07, 6.45) is 6.71. The number of hydrogen-bond acceptors (Lipinski definition) is 5. The molecule has 1 amide bonds. The van der Waals surface area contributed by atoms with E-state index < -0.39 is 0 Å². The van der Waals surface area contributed by atoms with E-state index in [-0.39, 0.29) is 41.4 Å². The Labute approximate surface area is 218 Å².